The fraction of sp³-hybridized carbons (Fsp3) is 0.600. The van der Waals surface area contributed by atoms with Crippen LogP contribution in [0.15, 0.2) is 24.3 Å². The number of halogens is 1. The molecule has 0 aromatic heterocycles. The van der Waals surface area contributed by atoms with Crippen molar-refractivity contribution >= 4 is 5.69 Å². The molecule has 0 spiro atoms. The zero-order chi connectivity index (χ0) is 13.0. The molecule has 3 heteroatoms. The molecule has 2 rings (SSSR count). The van der Waals surface area contributed by atoms with Gasteiger partial charge in [0.15, 0.2) is 0 Å². The highest BCUT2D eigenvalue weighted by molar-refractivity contribution is 5.46. The van der Waals surface area contributed by atoms with E-state index in [2.05, 4.69) is 11.8 Å². The zero-order valence-corrected chi connectivity index (χ0v) is 11.2. The Kier molecular flexibility index (Phi) is 4.23. The van der Waals surface area contributed by atoms with Crippen LogP contribution >= 0.6 is 0 Å². The van der Waals surface area contributed by atoms with Crippen LogP contribution in [0.2, 0.25) is 0 Å². The second-order valence-corrected chi connectivity index (χ2v) is 5.37. The maximum Gasteiger partial charge on any atom is 0.125 e. The summed E-state index contributed by atoms with van der Waals surface area (Å²) in [4.78, 5) is 2.23. The van der Waals surface area contributed by atoms with E-state index in [1.807, 2.05) is 6.07 Å². The van der Waals surface area contributed by atoms with E-state index in [1.54, 1.807) is 12.1 Å². The molecule has 1 aliphatic rings. The maximum atomic E-state index is 13.2. The zero-order valence-electron chi connectivity index (χ0n) is 11.2. The van der Waals surface area contributed by atoms with Crippen LogP contribution in [-0.4, -0.2) is 19.6 Å². The van der Waals surface area contributed by atoms with Crippen molar-refractivity contribution in [3.8, 4) is 0 Å². The lowest BCUT2D eigenvalue weighted by Crippen LogP contribution is -2.40. The van der Waals surface area contributed by atoms with Gasteiger partial charge in [0.2, 0.25) is 0 Å². The second-order valence-electron chi connectivity index (χ2n) is 5.37. The summed E-state index contributed by atoms with van der Waals surface area (Å²) in [6, 6.07) is 6.85. The summed E-state index contributed by atoms with van der Waals surface area (Å²) in [5.41, 5.74) is 7.22. The van der Waals surface area contributed by atoms with Crippen LogP contribution in [0, 0.1) is 11.2 Å². The highest BCUT2D eigenvalue weighted by Crippen LogP contribution is 2.43. The molecular weight excluding hydrogens is 227 g/mol. The predicted octanol–water partition coefficient (Wildman–Crippen LogP) is 3.17. The van der Waals surface area contributed by atoms with Gasteiger partial charge in [-0.05, 0) is 56.3 Å². The molecule has 18 heavy (non-hydrogen) atoms. The van der Waals surface area contributed by atoms with Gasteiger partial charge in [0.05, 0.1) is 0 Å². The Morgan fingerprint density at radius 3 is 2.67 bits per heavy atom. The molecule has 0 bridgehead atoms. The molecule has 0 amide bonds. The average Bonchev–Trinajstić information content (AvgIpc) is 2.33. The van der Waals surface area contributed by atoms with Gasteiger partial charge in [0.25, 0.3) is 0 Å². The van der Waals surface area contributed by atoms with E-state index in [0.717, 1.165) is 31.7 Å². The molecule has 0 saturated heterocycles. The largest absolute Gasteiger partial charge is 0.372 e. The molecule has 0 unspecified atom stereocenters. The van der Waals surface area contributed by atoms with Crippen molar-refractivity contribution in [1.82, 2.24) is 0 Å². The molecule has 0 heterocycles. The normalized spacial score (nSPS) is 17.3. The first-order valence-electron chi connectivity index (χ1n) is 6.90. The molecule has 0 aliphatic heterocycles. The lowest BCUT2D eigenvalue weighted by Gasteiger charge is -2.42. The Morgan fingerprint density at radius 1 is 1.39 bits per heavy atom. The van der Waals surface area contributed by atoms with Crippen molar-refractivity contribution < 1.29 is 4.39 Å². The number of nitrogens with zero attached hydrogens (tertiary/aromatic N) is 1. The minimum absolute atomic E-state index is 0.164. The van der Waals surface area contributed by atoms with E-state index < -0.39 is 0 Å². The Morgan fingerprint density at radius 2 is 2.17 bits per heavy atom. The van der Waals surface area contributed by atoms with Crippen LogP contribution in [0.1, 0.15) is 32.6 Å². The van der Waals surface area contributed by atoms with Crippen molar-refractivity contribution in [1.29, 1.82) is 0 Å². The number of anilines is 1. The van der Waals surface area contributed by atoms with E-state index in [9.17, 15) is 4.39 Å². The summed E-state index contributed by atoms with van der Waals surface area (Å²) in [5.74, 6) is -0.164. The molecule has 1 aromatic carbocycles. The lowest BCUT2D eigenvalue weighted by molar-refractivity contribution is 0.133. The number of hydrogen-bond acceptors (Lipinski definition) is 2. The number of nitrogens with two attached hydrogens (primary N) is 1. The van der Waals surface area contributed by atoms with Crippen molar-refractivity contribution in [3.05, 3.63) is 30.1 Å². The summed E-state index contributed by atoms with van der Waals surface area (Å²) in [5, 5.41) is 0. The van der Waals surface area contributed by atoms with Gasteiger partial charge >= 0.3 is 0 Å². The van der Waals surface area contributed by atoms with Crippen molar-refractivity contribution in [2.45, 2.75) is 32.6 Å². The van der Waals surface area contributed by atoms with Crippen LogP contribution < -0.4 is 10.6 Å². The number of rotatable bonds is 6. The summed E-state index contributed by atoms with van der Waals surface area (Å²) in [7, 11) is 0. The Bertz CT molecular complexity index is 382. The van der Waals surface area contributed by atoms with E-state index in [-0.39, 0.29) is 5.82 Å². The molecule has 1 aromatic rings. The second kappa shape index (κ2) is 5.70. The van der Waals surface area contributed by atoms with Gasteiger partial charge in [0, 0.05) is 18.8 Å². The van der Waals surface area contributed by atoms with Gasteiger partial charge in [-0.3, -0.25) is 0 Å². The minimum Gasteiger partial charge on any atom is -0.372 e. The van der Waals surface area contributed by atoms with Gasteiger partial charge < -0.3 is 10.6 Å². The number of hydrogen-bond donors (Lipinski definition) is 1. The minimum atomic E-state index is -0.164. The molecule has 0 radical (unpaired) electrons. The van der Waals surface area contributed by atoms with E-state index in [1.165, 1.54) is 25.3 Å². The summed E-state index contributed by atoms with van der Waals surface area (Å²) >= 11 is 0. The molecule has 1 fully saturated rings. The maximum absolute atomic E-state index is 13.2. The fourth-order valence-corrected chi connectivity index (χ4v) is 2.75. The molecule has 1 saturated carbocycles. The van der Waals surface area contributed by atoms with E-state index >= 15 is 0 Å². The quantitative estimate of drug-likeness (QED) is 0.840. The van der Waals surface area contributed by atoms with Crippen molar-refractivity contribution in [3.63, 3.8) is 0 Å². The molecule has 0 atom stereocenters. The fourth-order valence-electron chi connectivity index (χ4n) is 2.75. The first-order chi connectivity index (χ1) is 8.69. The van der Waals surface area contributed by atoms with Gasteiger partial charge in [-0.2, -0.15) is 0 Å². The van der Waals surface area contributed by atoms with Crippen LogP contribution in [-0.2, 0) is 0 Å². The smallest absolute Gasteiger partial charge is 0.125 e. The predicted molar refractivity (Wildman–Crippen MR) is 74.2 cm³/mol. The van der Waals surface area contributed by atoms with Crippen LogP contribution in [0.25, 0.3) is 0 Å². The third-order valence-corrected chi connectivity index (χ3v) is 4.31. The Balaban J connectivity index is 1.97. The molecule has 1 aliphatic carbocycles. The highest BCUT2D eigenvalue weighted by Gasteiger charge is 2.35. The van der Waals surface area contributed by atoms with Gasteiger partial charge in [-0.1, -0.05) is 12.5 Å². The first-order valence-corrected chi connectivity index (χ1v) is 6.90. The Hall–Kier alpha value is -1.09. The standard InChI is InChI=1S/C15H23FN2/c1-2-18(14-6-3-5-13(16)11-14)10-9-15(12-17)7-4-8-15/h3,5-6,11H,2,4,7-10,12,17H2,1H3. The monoisotopic (exact) mass is 250 g/mol. The SMILES string of the molecule is CCN(CCC1(CN)CCC1)c1cccc(F)c1. The molecular formula is C15H23FN2. The average molecular weight is 250 g/mol. The Labute approximate surface area is 109 Å². The topological polar surface area (TPSA) is 29.3 Å². The van der Waals surface area contributed by atoms with E-state index in [0.29, 0.717) is 5.41 Å². The summed E-state index contributed by atoms with van der Waals surface area (Å²) in [6.07, 6.45) is 4.94. The van der Waals surface area contributed by atoms with Gasteiger partial charge in [-0.15, -0.1) is 0 Å². The number of benzene rings is 1. The highest BCUT2D eigenvalue weighted by atomic mass is 19.1. The summed E-state index contributed by atoms with van der Waals surface area (Å²) < 4.78 is 13.2. The first kappa shape index (κ1) is 13.3. The molecule has 100 valence electrons. The molecule has 2 nitrogen and oxygen atoms in total. The van der Waals surface area contributed by atoms with Gasteiger partial charge in [-0.25, -0.2) is 4.39 Å². The van der Waals surface area contributed by atoms with Crippen LogP contribution in [0.5, 0.6) is 0 Å². The van der Waals surface area contributed by atoms with E-state index in [4.69, 9.17) is 5.73 Å². The third kappa shape index (κ3) is 2.83. The van der Waals surface area contributed by atoms with Crippen LogP contribution in [0.3, 0.4) is 0 Å². The van der Waals surface area contributed by atoms with Gasteiger partial charge in [0.1, 0.15) is 5.82 Å². The summed E-state index contributed by atoms with van der Waals surface area (Å²) in [6.45, 7) is 4.77. The molecule has 2 N–H and O–H groups in total. The lowest BCUT2D eigenvalue weighted by atomic mass is 9.66. The third-order valence-electron chi connectivity index (χ3n) is 4.31. The van der Waals surface area contributed by atoms with Crippen molar-refractivity contribution in [2.24, 2.45) is 11.1 Å². The van der Waals surface area contributed by atoms with Crippen LogP contribution in [0.4, 0.5) is 10.1 Å². The van der Waals surface area contributed by atoms with Crippen molar-refractivity contribution in [2.75, 3.05) is 24.5 Å².